The summed E-state index contributed by atoms with van der Waals surface area (Å²) in [5.41, 5.74) is 4.64. The van der Waals surface area contributed by atoms with E-state index in [-0.39, 0.29) is 0 Å². The van der Waals surface area contributed by atoms with Gasteiger partial charge in [0, 0.05) is 43.5 Å². The predicted molar refractivity (Wildman–Crippen MR) is 80.2 cm³/mol. The molecule has 0 aliphatic heterocycles. The number of hydrogen-bond donors (Lipinski definition) is 1. The molecule has 2 heterocycles. The van der Waals surface area contributed by atoms with Crippen molar-refractivity contribution < 1.29 is 0 Å². The van der Waals surface area contributed by atoms with Gasteiger partial charge in [-0.05, 0) is 30.7 Å². The smallest absolute Gasteiger partial charge is 0.0702 e. The summed E-state index contributed by atoms with van der Waals surface area (Å²) in [7, 11) is 1.95. The summed E-state index contributed by atoms with van der Waals surface area (Å²) in [4.78, 5) is 4.33. The molecule has 1 aromatic carbocycles. The topological polar surface area (TPSA) is 42.7 Å². The maximum absolute atomic E-state index is 4.35. The van der Waals surface area contributed by atoms with Crippen LogP contribution in [0, 0.1) is 6.92 Å². The van der Waals surface area contributed by atoms with Gasteiger partial charge in [0.2, 0.25) is 0 Å². The van der Waals surface area contributed by atoms with E-state index < -0.39 is 0 Å². The quantitative estimate of drug-likeness (QED) is 0.789. The van der Waals surface area contributed by atoms with E-state index in [0.29, 0.717) is 0 Å². The van der Waals surface area contributed by atoms with Crippen molar-refractivity contribution in [2.45, 2.75) is 20.0 Å². The molecule has 4 heteroatoms. The fourth-order valence-electron chi connectivity index (χ4n) is 2.40. The summed E-state index contributed by atoms with van der Waals surface area (Å²) in [5, 5.41) is 8.99. The summed E-state index contributed by atoms with van der Waals surface area (Å²) < 4.78 is 1.86. The van der Waals surface area contributed by atoms with Gasteiger partial charge >= 0.3 is 0 Å². The van der Waals surface area contributed by atoms with Gasteiger partial charge in [0.05, 0.1) is 11.2 Å². The highest BCUT2D eigenvalue weighted by atomic mass is 15.2. The fraction of sp³-hybridized carbons (Fsp3) is 0.250. The Morgan fingerprint density at radius 3 is 2.90 bits per heavy atom. The number of aryl methyl sites for hydroxylation is 2. The van der Waals surface area contributed by atoms with Crippen molar-refractivity contribution in [3.8, 4) is 0 Å². The highest BCUT2D eigenvalue weighted by molar-refractivity contribution is 5.78. The Labute approximate surface area is 118 Å². The summed E-state index contributed by atoms with van der Waals surface area (Å²) in [5.74, 6) is 0. The molecule has 2 aromatic heterocycles. The highest BCUT2D eigenvalue weighted by Crippen LogP contribution is 2.13. The van der Waals surface area contributed by atoms with Crippen LogP contribution in [0.4, 0.5) is 0 Å². The lowest BCUT2D eigenvalue weighted by Crippen LogP contribution is -2.12. The first-order chi connectivity index (χ1) is 9.72. The van der Waals surface area contributed by atoms with Crippen LogP contribution in [-0.2, 0) is 20.1 Å². The molecule has 4 nitrogen and oxygen atoms in total. The van der Waals surface area contributed by atoms with E-state index in [2.05, 4.69) is 45.9 Å². The maximum Gasteiger partial charge on any atom is 0.0702 e. The molecule has 20 heavy (non-hydrogen) atoms. The molecule has 3 aromatic rings. The highest BCUT2D eigenvalue weighted by Gasteiger charge is 2.02. The van der Waals surface area contributed by atoms with E-state index in [1.165, 1.54) is 16.5 Å². The van der Waals surface area contributed by atoms with E-state index in [9.17, 15) is 0 Å². The van der Waals surface area contributed by atoms with Gasteiger partial charge in [-0.15, -0.1) is 0 Å². The number of pyridine rings is 1. The fourth-order valence-corrected chi connectivity index (χ4v) is 2.40. The van der Waals surface area contributed by atoms with Gasteiger partial charge in [0.15, 0.2) is 0 Å². The molecule has 0 fully saturated rings. The molecule has 0 aliphatic rings. The molecule has 0 atom stereocenters. The lowest BCUT2D eigenvalue weighted by molar-refractivity contribution is 0.690. The number of benzene rings is 1. The number of nitrogens with zero attached hydrogens (tertiary/aromatic N) is 3. The monoisotopic (exact) mass is 266 g/mol. The summed E-state index contributed by atoms with van der Waals surface area (Å²) in [6, 6.07) is 10.4. The Morgan fingerprint density at radius 1 is 1.20 bits per heavy atom. The molecule has 3 rings (SSSR count). The minimum atomic E-state index is 0.838. The van der Waals surface area contributed by atoms with E-state index in [1.807, 2.05) is 30.9 Å². The Hall–Kier alpha value is -2.20. The Kier molecular flexibility index (Phi) is 3.48. The molecule has 0 bridgehead atoms. The first kappa shape index (κ1) is 12.8. The van der Waals surface area contributed by atoms with Crippen LogP contribution in [-0.4, -0.2) is 14.8 Å². The zero-order chi connectivity index (χ0) is 13.9. The minimum absolute atomic E-state index is 0.838. The zero-order valence-corrected chi connectivity index (χ0v) is 11.8. The number of nitrogens with one attached hydrogen (secondary N) is 1. The van der Waals surface area contributed by atoms with Gasteiger partial charge < -0.3 is 5.32 Å². The normalized spacial score (nSPS) is 11.1. The van der Waals surface area contributed by atoms with Crippen LogP contribution in [0.15, 0.2) is 42.7 Å². The lowest BCUT2D eigenvalue weighted by atomic mass is 10.1. The van der Waals surface area contributed by atoms with Crippen molar-refractivity contribution in [1.82, 2.24) is 20.1 Å². The van der Waals surface area contributed by atoms with Gasteiger partial charge in [-0.25, -0.2) is 0 Å². The van der Waals surface area contributed by atoms with Gasteiger partial charge in [-0.1, -0.05) is 12.1 Å². The summed E-state index contributed by atoms with van der Waals surface area (Å²) in [6.45, 7) is 3.72. The maximum atomic E-state index is 4.35. The molecular formula is C16H18N4. The molecule has 0 saturated heterocycles. The summed E-state index contributed by atoms with van der Waals surface area (Å²) in [6.07, 6.45) is 3.89. The SMILES string of the molecule is Cc1nn(C)cc1CNCc1ccc2ncccc2c1. The molecular weight excluding hydrogens is 248 g/mol. The molecule has 102 valence electrons. The molecule has 1 N–H and O–H groups in total. The average Bonchev–Trinajstić information content (AvgIpc) is 2.77. The van der Waals surface area contributed by atoms with Crippen LogP contribution in [0.25, 0.3) is 10.9 Å². The summed E-state index contributed by atoms with van der Waals surface area (Å²) >= 11 is 0. The van der Waals surface area contributed by atoms with Gasteiger partial charge in [0.1, 0.15) is 0 Å². The molecule has 0 saturated carbocycles. The second-order valence-electron chi connectivity index (χ2n) is 5.05. The second-order valence-corrected chi connectivity index (χ2v) is 5.05. The van der Waals surface area contributed by atoms with Crippen LogP contribution in [0.5, 0.6) is 0 Å². The van der Waals surface area contributed by atoms with E-state index >= 15 is 0 Å². The van der Waals surface area contributed by atoms with Crippen molar-refractivity contribution in [3.05, 3.63) is 59.5 Å². The van der Waals surface area contributed by atoms with Gasteiger partial charge in [-0.2, -0.15) is 5.10 Å². The molecule has 0 aliphatic carbocycles. The van der Waals surface area contributed by atoms with Crippen molar-refractivity contribution in [3.63, 3.8) is 0 Å². The molecule has 0 amide bonds. The van der Waals surface area contributed by atoms with Crippen molar-refractivity contribution >= 4 is 10.9 Å². The van der Waals surface area contributed by atoms with Gasteiger partial charge in [-0.3, -0.25) is 9.67 Å². The van der Waals surface area contributed by atoms with Crippen LogP contribution in [0.1, 0.15) is 16.8 Å². The largest absolute Gasteiger partial charge is 0.308 e. The molecule has 0 unspecified atom stereocenters. The zero-order valence-electron chi connectivity index (χ0n) is 11.8. The first-order valence-electron chi connectivity index (χ1n) is 6.76. The van der Waals surface area contributed by atoms with E-state index in [4.69, 9.17) is 0 Å². The predicted octanol–water partition coefficient (Wildman–Crippen LogP) is 2.57. The lowest BCUT2D eigenvalue weighted by Gasteiger charge is -2.05. The molecule has 0 spiro atoms. The van der Waals surface area contributed by atoms with Crippen LogP contribution < -0.4 is 5.32 Å². The Bertz CT molecular complexity index is 730. The molecule has 0 radical (unpaired) electrons. The van der Waals surface area contributed by atoms with Crippen LogP contribution in [0.3, 0.4) is 0 Å². The third kappa shape index (κ3) is 2.70. The number of rotatable bonds is 4. The Morgan fingerprint density at radius 2 is 2.10 bits per heavy atom. The number of hydrogen-bond acceptors (Lipinski definition) is 3. The van der Waals surface area contributed by atoms with Crippen molar-refractivity contribution in [1.29, 1.82) is 0 Å². The minimum Gasteiger partial charge on any atom is -0.308 e. The Balaban J connectivity index is 1.66. The average molecular weight is 266 g/mol. The van der Waals surface area contributed by atoms with Crippen LogP contribution >= 0.6 is 0 Å². The van der Waals surface area contributed by atoms with Crippen molar-refractivity contribution in [2.75, 3.05) is 0 Å². The third-order valence-corrected chi connectivity index (χ3v) is 3.43. The van der Waals surface area contributed by atoms with Crippen molar-refractivity contribution in [2.24, 2.45) is 7.05 Å². The number of fused-ring (bicyclic) bond motifs is 1. The van der Waals surface area contributed by atoms with Gasteiger partial charge in [0.25, 0.3) is 0 Å². The van der Waals surface area contributed by atoms with E-state index in [0.717, 1.165) is 24.3 Å². The standard InChI is InChI=1S/C16H18N4/c1-12-15(11-20(2)19-12)10-17-9-13-5-6-16-14(8-13)4-3-7-18-16/h3-8,11,17H,9-10H2,1-2H3. The second kappa shape index (κ2) is 5.43. The van der Waals surface area contributed by atoms with Crippen LogP contribution in [0.2, 0.25) is 0 Å². The number of aromatic nitrogens is 3. The van der Waals surface area contributed by atoms with E-state index in [1.54, 1.807) is 0 Å². The third-order valence-electron chi connectivity index (χ3n) is 3.43. The first-order valence-corrected chi connectivity index (χ1v) is 6.76.